The van der Waals surface area contributed by atoms with Crippen molar-refractivity contribution in [3.05, 3.63) is 68.7 Å². The average molecular weight is 417 g/mol. The van der Waals surface area contributed by atoms with Crippen LogP contribution in [0.3, 0.4) is 0 Å². The van der Waals surface area contributed by atoms with Crippen LogP contribution in [0.5, 0.6) is 0 Å². The molecule has 9 nitrogen and oxygen atoms in total. The van der Waals surface area contributed by atoms with Crippen LogP contribution in [-0.4, -0.2) is 34.2 Å². The molecule has 0 spiro atoms. The number of nitrogens with one attached hydrogen (secondary N) is 2. The molecule has 0 bridgehead atoms. The monoisotopic (exact) mass is 416 g/mol. The van der Waals surface area contributed by atoms with E-state index in [2.05, 4.69) is 10.6 Å². The Bertz CT molecular complexity index is 1040. The minimum absolute atomic E-state index is 0.149. The van der Waals surface area contributed by atoms with Gasteiger partial charge in [0.1, 0.15) is 12.1 Å². The van der Waals surface area contributed by atoms with Gasteiger partial charge in [0.05, 0.1) is 16.2 Å². The third kappa shape index (κ3) is 3.64. The molecule has 0 aliphatic carbocycles. The van der Waals surface area contributed by atoms with Gasteiger partial charge in [0.15, 0.2) is 0 Å². The molecular formula is C19H17ClN4O5. The topological polar surface area (TPSA) is 122 Å². The molecule has 1 atom stereocenters. The van der Waals surface area contributed by atoms with Gasteiger partial charge in [-0.15, -0.1) is 0 Å². The van der Waals surface area contributed by atoms with Crippen LogP contribution in [0, 0.1) is 17.0 Å². The number of hydrogen-bond donors (Lipinski definition) is 2. The summed E-state index contributed by atoms with van der Waals surface area (Å²) in [6.07, 6.45) is 0. The molecule has 10 heteroatoms. The van der Waals surface area contributed by atoms with Gasteiger partial charge in [0.2, 0.25) is 5.91 Å². The molecule has 1 aliphatic heterocycles. The van der Waals surface area contributed by atoms with E-state index in [0.717, 1.165) is 4.90 Å². The van der Waals surface area contributed by atoms with E-state index in [4.69, 9.17) is 11.6 Å². The number of imide groups is 1. The van der Waals surface area contributed by atoms with Crippen LogP contribution in [0.25, 0.3) is 0 Å². The summed E-state index contributed by atoms with van der Waals surface area (Å²) in [5.41, 5.74) is -0.646. The van der Waals surface area contributed by atoms with Crippen LogP contribution in [0.1, 0.15) is 18.1 Å². The third-order valence-electron chi connectivity index (χ3n) is 4.77. The highest BCUT2D eigenvalue weighted by atomic mass is 35.5. The van der Waals surface area contributed by atoms with E-state index in [1.54, 1.807) is 24.3 Å². The van der Waals surface area contributed by atoms with Gasteiger partial charge in [-0.2, -0.15) is 0 Å². The summed E-state index contributed by atoms with van der Waals surface area (Å²) in [6, 6.07) is 10.1. The standard InChI is InChI=1S/C19H17ClN4O5/c1-11-14(8-5-9-15(11)24(28)29)21-16(25)10-23-17(26)19(2,22-18(23)27)12-6-3-4-7-13(12)20/h3-9H,10H2,1-2H3,(H,21,25)(H,22,27)/t19-/m1/s1. The Kier molecular flexibility index (Phi) is 5.25. The fourth-order valence-corrected chi connectivity index (χ4v) is 3.50. The quantitative estimate of drug-likeness (QED) is 0.441. The Morgan fingerprint density at radius 1 is 1.24 bits per heavy atom. The summed E-state index contributed by atoms with van der Waals surface area (Å²) in [5.74, 6) is -1.29. The number of nitrogens with zero attached hydrogens (tertiary/aromatic N) is 2. The number of benzene rings is 2. The van der Waals surface area contributed by atoms with E-state index in [1.165, 1.54) is 32.0 Å². The van der Waals surface area contributed by atoms with Crippen molar-refractivity contribution >= 4 is 40.8 Å². The molecule has 1 saturated heterocycles. The SMILES string of the molecule is Cc1c(NC(=O)CN2C(=O)N[C@](C)(c3ccccc3Cl)C2=O)cccc1[N+](=O)[O-]. The number of hydrogen-bond acceptors (Lipinski definition) is 5. The summed E-state index contributed by atoms with van der Waals surface area (Å²) in [7, 11) is 0. The number of carbonyl (C=O) groups is 3. The fourth-order valence-electron chi connectivity index (χ4n) is 3.18. The van der Waals surface area contributed by atoms with Crippen molar-refractivity contribution in [2.24, 2.45) is 0 Å². The number of amides is 4. The molecule has 2 aromatic rings. The van der Waals surface area contributed by atoms with Gasteiger partial charge >= 0.3 is 6.03 Å². The Hall–Kier alpha value is -3.46. The first-order valence-electron chi connectivity index (χ1n) is 8.58. The van der Waals surface area contributed by atoms with E-state index in [0.29, 0.717) is 10.6 Å². The van der Waals surface area contributed by atoms with Crippen LogP contribution in [0.15, 0.2) is 42.5 Å². The largest absolute Gasteiger partial charge is 0.325 e. The van der Waals surface area contributed by atoms with Crippen molar-refractivity contribution in [3.63, 3.8) is 0 Å². The van der Waals surface area contributed by atoms with E-state index in [1.807, 2.05) is 0 Å². The van der Waals surface area contributed by atoms with Crippen molar-refractivity contribution in [2.45, 2.75) is 19.4 Å². The van der Waals surface area contributed by atoms with Crippen LogP contribution in [-0.2, 0) is 15.1 Å². The lowest BCUT2D eigenvalue weighted by Gasteiger charge is -2.23. The molecule has 150 valence electrons. The number of urea groups is 1. The van der Waals surface area contributed by atoms with Gasteiger partial charge in [-0.3, -0.25) is 24.6 Å². The van der Waals surface area contributed by atoms with Gasteiger partial charge < -0.3 is 10.6 Å². The predicted molar refractivity (Wildman–Crippen MR) is 106 cm³/mol. The first-order valence-corrected chi connectivity index (χ1v) is 8.96. The van der Waals surface area contributed by atoms with Gasteiger partial charge in [0, 0.05) is 16.7 Å². The van der Waals surface area contributed by atoms with Crippen LogP contribution in [0.4, 0.5) is 16.2 Å². The Balaban J connectivity index is 1.79. The minimum Gasteiger partial charge on any atom is -0.324 e. The molecule has 0 unspecified atom stereocenters. The summed E-state index contributed by atoms with van der Waals surface area (Å²) in [6.45, 7) is 2.46. The third-order valence-corrected chi connectivity index (χ3v) is 5.09. The second-order valence-electron chi connectivity index (χ2n) is 6.68. The number of rotatable bonds is 5. The van der Waals surface area contributed by atoms with Crippen LogP contribution in [0.2, 0.25) is 5.02 Å². The van der Waals surface area contributed by atoms with E-state index in [9.17, 15) is 24.5 Å². The van der Waals surface area contributed by atoms with Crippen molar-refractivity contribution in [1.82, 2.24) is 10.2 Å². The zero-order valence-electron chi connectivity index (χ0n) is 15.6. The first kappa shape index (κ1) is 20.3. The van der Waals surface area contributed by atoms with Crippen molar-refractivity contribution < 1.29 is 19.3 Å². The Morgan fingerprint density at radius 2 is 1.93 bits per heavy atom. The molecule has 0 aromatic heterocycles. The lowest BCUT2D eigenvalue weighted by atomic mass is 9.92. The minimum atomic E-state index is -1.41. The van der Waals surface area contributed by atoms with Gasteiger partial charge in [0.25, 0.3) is 11.6 Å². The maximum absolute atomic E-state index is 12.9. The highest BCUT2D eigenvalue weighted by molar-refractivity contribution is 6.32. The molecule has 29 heavy (non-hydrogen) atoms. The fraction of sp³-hybridized carbons (Fsp3) is 0.211. The van der Waals surface area contributed by atoms with Crippen molar-refractivity contribution in [2.75, 3.05) is 11.9 Å². The maximum Gasteiger partial charge on any atom is 0.325 e. The van der Waals surface area contributed by atoms with Gasteiger partial charge in [-0.1, -0.05) is 35.9 Å². The summed E-state index contributed by atoms with van der Waals surface area (Å²) in [5, 5.41) is 16.4. The number of carbonyl (C=O) groups excluding carboxylic acids is 3. The van der Waals surface area contributed by atoms with E-state index in [-0.39, 0.29) is 16.9 Å². The Labute approximate surface area is 170 Å². The van der Waals surface area contributed by atoms with Crippen LogP contribution < -0.4 is 10.6 Å². The zero-order chi connectivity index (χ0) is 21.3. The highest BCUT2D eigenvalue weighted by Gasteiger charge is 2.50. The molecule has 0 saturated carbocycles. The molecule has 2 N–H and O–H groups in total. The second kappa shape index (κ2) is 7.51. The van der Waals surface area contributed by atoms with Gasteiger partial charge in [-0.05, 0) is 26.0 Å². The predicted octanol–water partition coefficient (Wildman–Crippen LogP) is 2.96. The Morgan fingerprint density at radius 3 is 2.59 bits per heavy atom. The van der Waals surface area contributed by atoms with Gasteiger partial charge in [-0.25, -0.2) is 4.79 Å². The van der Waals surface area contributed by atoms with E-state index < -0.39 is 34.9 Å². The summed E-state index contributed by atoms with van der Waals surface area (Å²) >= 11 is 6.17. The van der Waals surface area contributed by atoms with Crippen LogP contribution >= 0.6 is 11.6 Å². The van der Waals surface area contributed by atoms with Crippen molar-refractivity contribution in [1.29, 1.82) is 0 Å². The molecule has 0 radical (unpaired) electrons. The average Bonchev–Trinajstić information content (AvgIpc) is 2.87. The zero-order valence-corrected chi connectivity index (χ0v) is 16.3. The second-order valence-corrected chi connectivity index (χ2v) is 7.09. The lowest BCUT2D eigenvalue weighted by molar-refractivity contribution is -0.385. The molecule has 1 aliphatic rings. The number of anilines is 1. The molecule has 1 heterocycles. The summed E-state index contributed by atoms with van der Waals surface area (Å²) < 4.78 is 0. The normalized spacial score (nSPS) is 18.5. The highest BCUT2D eigenvalue weighted by Crippen LogP contribution is 2.33. The molecule has 1 fully saturated rings. The lowest BCUT2D eigenvalue weighted by Crippen LogP contribution is -2.42. The number of halogens is 1. The smallest absolute Gasteiger partial charge is 0.324 e. The number of nitro groups is 1. The molecule has 3 rings (SSSR count). The molecule has 2 aromatic carbocycles. The van der Waals surface area contributed by atoms with Crippen molar-refractivity contribution in [3.8, 4) is 0 Å². The molecular weight excluding hydrogens is 400 g/mol. The molecule has 4 amide bonds. The number of nitro benzene ring substituents is 1. The maximum atomic E-state index is 12.9. The summed E-state index contributed by atoms with van der Waals surface area (Å²) in [4.78, 5) is 49.0. The first-order chi connectivity index (χ1) is 13.6. The van der Waals surface area contributed by atoms with E-state index >= 15 is 0 Å².